The van der Waals surface area contributed by atoms with E-state index >= 15 is 0 Å². The number of hydrogen-bond donors (Lipinski definition) is 5. The van der Waals surface area contributed by atoms with Crippen molar-refractivity contribution < 1.29 is 42.9 Å². The van der Waals surface area contributed by atoms with Gasteiger partial charge in [0.05, 0.1) is 25.4 Å². The van der Waals surface area contributed by atoms with E-state index in [9.17, 15) is 19.2 Å². The Morgan fingerprint density at radius 2 is 0.936 bits per heavy atom. The third kappa shape index (κ3) is 28.9. The molecule has 0 spiro atoms. The van der Waals surface area contributed by atoms with Gasteiger partial charge in [0, 0.05) is 33.9 Å². The molecular weight excluding hydrogens is 612 g/mol. The zero-order chi connectivity index (χ0) is 34.7. The summed E-state index contributed by atoms with van der Waals surface area (Å²) >= 11 is 0. The van der Waals surface area contributed by atoms with Crippen molar-refractivity contribution in [2.45, 2.75) is 90.4 Å². The van der Waals surface area contributed by atoms with Crippen molar-refractivity contribution in [3.8, 4) is 0 Å². The van der Waals surface area contributed by atoms with Gasteiger partial charge in [-0.05, 0) is 58.0 Å². The molecule has 15 heteroatoms. The fraction of sp³-hybridized carbons (Fsp3) is 0.875. The standard InChI is InChI=1S/C32H62N6O9/c1-4-32(23-45-29(40)36-20-14-8-5-11-17-33-26-39,24-46-30(41)37-21-15-9-6-12-18-34-27-43-2)25-47-31(42)38-22-16-10-7-13-19-35-28-44-3/h34-35H,4-25,27-28H2,1-3H3,(H,36,40)(H,37,41)(H,38,42). The van der Waals surface area contributed by atoms with Crippen LogP contribution in [0.5, 0.6) is 0 Å². The molecule has 0 aliphatic carbocycles. The summed E-state index contributed by atoms with van der Waals surface area (Å²) in [6, 6.07) is 0. The van der Waals surface area contributed by atoms with Crippen LogP contribution in [0.3, 0.4) is 0 Å². The smallest absolute Gasteiger partial charge is 0.407 e. The number of hydrogen-bond acceptors (Lipinski definition) is 12. The van der Waals surface area contributed by atoms with Gasteiger partial charge in [-0.25, -0.2) is 24.2 Å². The second-order valence-electron chi connectivity index (χ2n) is 11.4. The van der Waals surface area contributed by atoms with E-state index in [0.717, 1.165) is 90.1 Å². The summed E-state index contributed by atoms with van der Waals surface area (Å²) in [5, 5.41) is 14.6. The van der Waals surface area contributed by atoms with Crippen molar-refractivity contribution in [3.05, 3.63) is 0 Å². The Morgan fingerprint density at radius 3 is 1.28 bits per heavy atom. The SMILES string of the molecule is CCC(COC(=O)NCCCCCCN=C=O)(COC(=O)NCCCCCCNCOC)COC(=O)NCCCCCCNCOC. The number of unbranched alkanes of at least 4 members (excludes halogenated alkanes) is 9. The van der Waals surface area contributed by atoms with E-state index in [1.54, 1.807) is 14.2 Å². The first-order valence-electron chi connectivity index (χ1n) is 17.1. The van der Waals surface area contributed by atoms with Crippen LogP contribution in [-0.4, -0.2) is 111 Å². The molecule has 15 nitrogen and oxygen atoms in total. The van der Waals surface area contributed by atoms with E-state index in [1.807, 2.05) is 6.92 Å². The average Bonchev–Trinajstić information content (AvgIpc) is 3.07. The van der Waals surface area contributed by atoms with Crippen molar-refractivity contribution in [1.29, 1.82) is 0 Å². The van der Waals surface area contributed by atoms with Gasteiger partial charge in [-0.2, -0.15) is 0 Å². The van der Waals surface area contributed by atoms with E-state index in [-0.39, 0.29) is 19.8 Å². The Morgan fingerprint density at radius 1 is 0.574 bits per heavy atom. The average molecular weight is 675 g/mol. The second kappa shape index (κ2) is 33.0. The molecule has 0 unspecified atom stereocenters. The fourth-order valence-corrected chi connectivity index (χ4v) is 4.33. The van der Waals surface area contributed by atoms with Crippen LogP contribution in [-0.2, 0) is 28.5 Å². The Balaban J connectivity index is 4.67. The van der Waals surface area contributed by atoms with Gasteiger partial charge >= 0.3 is 18.3 Å². The van der Waals surface area contributed by atoms with Gasteiger partial charge in [-0.1, -0.05) is 45.4 Å². The normalized spacial score (nSPS) is 11.0. The zero-order valence-corrected chi connectivity index (χ0v) is 29.1. The third-order valence-electron chi connectivity index (χ3n) is 7.40. The van der Waals surface area contributed by atoms with Gasteiger partial charge in [-0.15, -0.1) is 0 Å². The Hall–Kier alpha value is -2.97. The predicted molar refractivity (Wildman–Crippen MR) is 179 cm³/mol. The monoisotopic (exact) mass is 674 g/mol. The number of isocyanates is 1. The topological polar surface area (TPSA) is 187 Å². The summed E-state index contributed by atoms with van der Waals surface area (Å²) in [5.74, 6) is 0. The molecular formula is C32H62N6O9. The van der Waals surface area contributed by atoms with Crippen molar-refractivity contribution in [3.63, 3.8) is 0 Å². The summed E-state index contributed by atoms with van der Waals surface area (Å²) in [7, 11) is 3.29. The molecule has 0 fully saturated rings. The maximum atomic E-state index is 12.4. The lowest BCUT2D eigenvalue weighted by atomic mass is 9.88. The van der Waals surface area contributed by atoms with E-state index in [0.29, 0.717) is 46.1 Å². The number of carbonyl (C=O) groups excluding carboxylic acids is 4. The highest BCUT2D eigenvalue weighted by Gasteiger charge is 2.34. The molecule has 47 heavy (non-hydrogen) atoms. The number of nitrogens with one attached hydrogen (secondary N) is 5. The molecule has 274 valence electrons. The number of nitrogens with zero attached hydrogens (tertiary/aromatic N) is 1. The highest BCUT2D eigenvalue weighted by Crippen LogP contribution is 2.24. The van der Waals surface area contributed by atoms with Crippen LogP contribution < -0.4 is 26.6 Å². The summed E-state index contributed by atoms with van der Waals surface area (Å²) in [4.78, 5) is 50.9. The van der Waals surface area contributed by atoms with Crippen LogP contribution in [0.15, 0.2) is 4.99 Å². The number of rotatable bonds is 32. The predicted octanol–water partition coefficient (Wildman–Crippen LogP) is 3.97. The fourth-order valence-electron chi connectivity index (χ4n) is 4.33. The number of aliphatic imine (C=N–C) groups is 1. The molecule has 0 aliphatic rings. The van der Waals surface area contributed by atoms with Crippen molar-refractivity contribution >= 4 is 24.4 Å². The first kappa shape index (κ1) is 44.0. The Kier molecular flexibility index (Phi) is 30.9. The minimum atomic E-state index is -0.921. The molecule has 3 amide bonds. The molecule has 0 bridgehead atoms. The van der Waals surface area contributed by atoms with E-state index in [2.05, 4.69) is 31.6 Å². The molecule has 0 aromatic heterocycles. The molecule has 0 saturated carbocycles. The lowest BCUT2D eigenvalue weighted by molar-refractivity contribution is -0.0175. The van der Waals surface area contributed by atoms with Crippen LogP contribution in [0, 0.1) is 5.41 Å². The van der Waals surface area contributed by atoms with Gasteiger partial charge < -0.3 is 39.6 Å². The molecule has 0 radical (unpaired) electrons. The molecule has 0 saturated heterocycles. The maximum absolute atomic E-state index is 12.4. The molecule has 0 heterocycles. The third-order valence-corrected chi connectivity index (χ3v) is 7.40. The number of ether oxygens (including phenoxy) is 5. The van der Waals surface area contributed by atoms with Gasteiger partial charge in [0.25, 0.3) is 0 Å². The minimum absolute atomic E-state index is 0.0958. The van der Waals surface area contributed by atoms with Crippen LogP contribution in [0.2, 0.25) is 0 Å². The number of methoxy groups -OCH3 is 2. The summed E-state index contributed by atoms with van der Waals surface area (Å²) in [6.45, 7) is 6.26. The quantitative estimate of drug-likeness (QED) is 0.0229. The van der Waals surface area contributed by atoms with E-state index in [1.165, 1.54) is 6.08 Å². The van der Waals surface area contributed by atoms with E-state index in [4.69, 9.17) is 23.7 Å². The second-order valence-corrected chi connectivity index (χ2v) is 11.4. The molecule has 0 atom stereocenters. The lowest BCUT2D eigenvalue weighted by Gasteiger charge is -2.31. The summed E-state index contributed by atoms with van der Waals surface area (Å²) in [6.07, 6.45) is 11.2. The first-order chi connectivity index (χ1) is 22.9. The van der Waals surface area contributed by atoms with Crippen molar-refractivity contribution in [1.82, 2.24) is 26.6 Å². The summed E-state index contributed by atoms with van der Waals surface area (Å²) in [5.41, 5.74) is -0.921. The van der Waals surface area contributed by atoms with Crippen LogP contribution in [0.1, 0.15) is 90.4 Å². The molecule has 0 aromatic carbocycles. The lowest BCUT2D eigenvalue weighted by Crippen LogP contribution is -2.42. The first-order valence-corrected chi connectivity index (χ1v) is 17.1. The highest BCUT2D eigenvalue weighted by molar-refractivity contribution is 5.68. The van der Waals surface area contributed by atoms with Crippen molar-refractivity contribution in [2.75, 3.05) is 86.8 Å². The molecule has 0 rings (SSSR count). The van der Waals surface area contributed by atoms with Gasteiger partial charge in [0.1, 0.15) is 19.8 Å². The van der Waals surface area contributed by atoms with Crippen molar-refractivity contribution in [2.24, 2.45) is 10.4 Å². The minimum Gasteiger partial charge on any atom is -0.449 e. The number of amides is 3. The maximum Gasteiger partial charge on any atom is 0.407 e. The van der Waals surface area contributed by atoms with Gasteiger partial charge in [0.2, 0.25) is 6.08 Å². The zero-order valence-electron chi connectivity index (χ0n) is 29.1. The Bertz CT molecular complexity index is 793. The number of carbonyl (C=O) groups is 3. The summed E-state index contributed by atoms with van der Waals surface area (Å²) < 4.78 is 26.4. The Labute approximate surface area is 281 Å². The highest BCUT2D eigenvalue weighted by atomic mass is 16.6. The molecule has 5 N–H and O–H groups in total. The van der Waals surface area contributed by atoms with Crippen LogP contribution in [0.25, 0.3) is 0 Å². The van der Waals surface area contributed by atoms with Crippen LogP contribution in [0.4, 0.5) is 14.4 Å². The molecule has 0 aromatic rings. The number of alkyl carbamates (subject to hydrolysis) is 3. The van der Waals surface area contributed by atoms with Crippen LogP contribution >= 0.6 is 0 Å². The largest absolute Gasteiger partial charge is 0.449 e. The van der Waals surface area contributed by atoms with Gasteiger partial charge in [0.15, 0.2) is 0 Å². The van der Waals surface area contributed by atoms with E-state index < -0.39 is 23.7 Å². The van der Waals surface area contributed by atoms with Gasteiger partial charge in [-0.3, -0.25) is 10.6 Å². The molecule has 0 aliphatic heterocycles.